The summed E-state index contributed by atoms with van der Waals surface area (Å²) in [6, 6.07) is 37.6. The van der Waals surface area contributed by atoms with Crippen LogP contribution in [-0.2, 0) is 12.8 Å². The summed E-state index contributed by atoms with van der Waals surface area (Å²) in [7, 11) is 7.76. The molecule has 0 spiro atoms. The molecule has 0 fully saturated rings. The number of amides is 1. The summed E-state index contributed by atoms with van der Waals surface area (Å²) in [6.07, 6.45) is 5.31. The summed E-state index contributed by atoms with van der Waals surface area (Å²) in [4.78, 5) is 37.9. The normalized spacial score (nSPS) is 11.3. The molecule has 1 aliphatic heterocycles. The Hall–Kier alpha value is -8.52. The molecule has 2 aromatic heterocycles. The lowest BCUT2D eigenvalue weighted by Gasteiger charge is -2.19. The summed E-state index contributed by atoms with van der Waals surface area (Å²) in [5, 5.41) is 36.3. The third-order valence-corrected chi connectivity index (χ3v) is 12.6. The van der Waals surface area contributed by atoms with E-state index in [9.17, 15) is 24.9 Å². The highest BCUT2D eigenvalue weighted by Gasteiger charge is 2.24. The SMILES string of the molecule is CN(C)c1ccc2c(-c3cc(C(=O)NCCCCCCOc4ccc(Cc5nc6c(Cc7ccccc7)nc(-c7ccc(O)cc7)cn6c5O)cc4F)ccc3C(=O)O)c3ccc(=[N+](C)C)cc-3oc2c1. The lowest BCUT2D eigenvalue weighted by atomic mass is 9.89. The van der Waals surface area contributed by atoms with E-state index in [2.05, 4.69) is 5.32 Å². The maximum absolute atomic E-state index is 15.4. The zero-order chi connectivity index (χ0) is 49.8. The fourth-order valence-corrected chi connectivity index (χ4v) is 8.77. The molecule has 3 heterocycles. The van der Waals surface area contributed by atoms with Crippen LogP contribution in [0.2, 0.25) is 0 Å². The van der Waals surface area contributed by atoms with E-state index >= 15 is 4.39 Å². The average Bonchev–Trinajstić information content (AvgIpc) is 3.68. The van der Waals surface area contributed by atoms with Crippen molar-refractivity contribution in [2.24, 2.45) is 0 Å². The van der Waals surface area contributed by atoms with Crippen molar-refractivity contribution in [3.8, 4) is 51.1 Å². The molecule has 0 bridgehead atoms. The van der Waals surface area contributed by atoms with Gasteiger partial charge in [0.1, 0.15) is 36.9 Å². The Morgan fingerprint density at radius 2 is 1.56 bits per heavy atom. The van der Waals surface area contributed by atoms with Crippen molar-refractivity contribution in [2.45, 2.75) is 38.5 Å². The van der Waals surface area contributed by atoms with Gasteiger partial charge in [-0.05, 0) is 102 Å². The number of hydrogen-bond acceptors (Lipinski definition) is 9. The van der Waals surface area contributed by atoms with Gasteiger partial charge in [-0.2, -0.15) is 0 Å². The van der Waals surface area contributed by atoms with Crippen LogP contribution in [-0.4, -0.2) is 82.9 Å². The van der Waals surface area contributed by atoms with Crippen molar-refractivity contribution in [2.75, 3.05) is 46.2 Å². The molecule has 5 aromatic carbocycles. The zero-order valence-corrected chi connectivity index (χ0v) is 39.9. The van der Waals surface area contributed by atoms with E-state index in [1.165, 1.54) is 18.2 Å². The lowest BCUT2D eigenvalue weighted by molar-refractivity contribution is 0.0697. The maximum Gasteiger partial charge on any atom is 0.336 e. The van der Waals surface area contributed by atoms with Crippen LogP contribution in [0, 0.1) is 5.82 Å². The Kier molecular flexibility index (Phi) is 13.8. The third kappa shape index (κ3) is 10.4. The minimum Gasteiger partial charge on any atom is -0.508 e. The monoisotopic (exact) mass is 953 g/mol. The number of phenolic OH excluding ortho intramolecular Hbond substituents is 1. The Morgan fingerprint density at radius 1 is 0.789 bits per heavy atom. The molecule has 0 atom stereocenters. The molecule has 4 N–H and O–H groups in total. The van der Waals surface area contributed by atoms with Crippen molar-refractivity contribution < 1.29 is 38.5 Å². The van der Waals surface area contributed by atoms with Gasteiger partial charge in [-0.15, -0.1) is 0 Å². The second-order valence-electron chi connectivity index (χ2n) is 18.0. The number of phenols is 1. The summed E-state index contributed by atoms with van der Waals surface area (Å²) in [6.45, 7) is 0.715. The van der Waals surface area contributed by atoms with Gasteiger partial charge in [0.25, 0.3) is 5.91 Å². The maximum atomic E-state index is 15.4. The number of ether oxygens (including phenoxy) is 1. The van der Waals surface area contributed by atoms with Crippen LogP contribution in [0.3, 0.4) is 0 Å². The minimum absolute atomic E-state index is 0.0683. The molecular weight excluding hydrogens is 900 g/mol. The van der Waals surface area contributed by atoms with Crippen LogP contribution in [0.25, 0.3) is 50.3 Å². The smallest absolute Gasteiger partial charge is 0.336 e. The largest absolute Gasteiger partial charge is 0.508 e. The molecule has 0 saturated heterocycles. The van der Waals surface area contributed by atoms with E-state index < -0.39 is 11.8 Å². The number of benzene rings is 6. The van der Waals surface area contributed by atoms with Gasteiger partial charge < -0.3 is 34.7 Å². The van der Waals surface area contributed by atoms with Crippen LogP contribution in [0.4, 0.5) is 10.1 Å². The van der Waals surface area contributed by atoms with Gasteiger partial charge in [-0.1, -0.05) is 49.2 Å². The van der Waals surface area contributed by atoms with Gasteiger partial charge in [0.05, 0.1) is 29.6 Å². The number of carboxylic acid groups (broad SMARTS) is 1. The number of halogens is 1. The van der Waals surface area contributed by atoms with E-state index in [-0.39, 0.29) is 35.3 Å². The van der Waals surface area contributed by atoms with Gasteiger partial charge in [0, 0.05) is 85.1 Å². The second kappa shape index (κ2) is 20.6. The zero-order valence-electron chi connectivity index (χ0n) is 39.9. The van der Waals surface area contributed by atoms with Crippen LogP contribution >= 0.6 is 0 Å². The number of nitrogens with one attached hydrogen (secondary N) is 1. The summed E-state index contributed by atoms with van der Waals surface area (Å²) < 4.78 is 31.2. The van der Waals surface area contributed by atoms with Crippen LogP contribution in [0.1, 0.15) is 68.9 Å². The van der Waals surface area contributed by atoms with E-state index in [0.29, 0.717) is 88.7 Å². The van der Waals surface area contributed by atoms with Crippen molar-refractivity contribution in [3.05, 3.63) is 178 Å². The predicted molar refractivity (Wildman–Crippen MR) is 273 cm³/mol. The molecule has 13 nitrogen and oxygen atoms in total. The van der Waals surface area contributed by atoms with Gasteiger partial charge in [-0.25, -0.2) is 23.7 Å². The highest BCUT2D eigenvalue weighted by atomic mass is 19.1. The Morgan fingerprint density at radius 3 is 2.31 bits per heavy atom. The van der Waals surface area contributed by atoms with Crippen LogP contribution in [0.15, 0.2) is 138 Å². The number of rotatable bonds is 17. The quantitative estimate of drug-likeness (QED) is 0.0392. The Balaban J connectivity index is 0.808. The first-order valence-corrected chi connectivity index (χ1v) is 23.5. The van der Waals surface area contributed by atoms with E-state index in [0.717, 1.165) is 46.0 Å². The summed E-state index contributed by atoms with van der Waals surface area (Å²) in [5.74, 6) is -1.16. The van der Waals surface area contributed by atoms with Gasteiger partial charge in [-0.3, -0.25) is 9.20 Å². The molecular formula is C57H54FN6O7+. The highest BCUT2D eigenvalue weighted by molar-refractivity contribution is 6.09. The molecule has 360 valence electrons. The molecule has 7 aromatic rings. The number of anilines is 1. The molecule has 71 heavy (non-hydrogen) atoms. The first kappa shape index (κ1) is 47.5. The van der Waals surface area contributed by atoms with Crippen LogP contribution in [0.5, 0.6) is 17.4 Å². The molecule has 2 aliphatic rings. The standard InChI is InChI=1S/C57H53FN6O7/c1-62(2)39-18-23-43-51(32-39)71-52-33-40(63(3)4)19-24-44(52)53(43)45-31-38(17-22-42(45)57(68)69)55(66)59-26-10-5-6-11-27-70-50-25-14-36(28-46(50)58)30-48-56(67)64-34-49(37-15-20-41(65)21-16-37)60-47(54(64)61-48)29-35-12-8-7-9-13-35/h7-9,12-25,28,31-34H,5-6,10-11,26-27,29-30H2,1-4H3,(H3-,59,60,65,66,67,68,69)/p+1. The van der Waals surface area contributed by atoms with Gasteiger partial charge >= 0.3 is 5.97 Å². The highest BCUT2D eigenvalue weighted by Crippen LogP contribution is 2.42. The number of carbonyl (C=O) groups is 2. The molecule has 0 radical (unpaired) electrons. The fourth-order valence-electron chi connectivity index (χ4n) is 8.77. The minimum atomic E-state index is -1.11. The molecule has 9 rings (SSSR count). The van der Waals surface area contributed by atoms with Crippen molar-refractivity contribution >= 4 is 34.2 Å². The number of unbranched alkanes of at least 4 members (excludes halogenated alkanes) is 3. The first-order chi connectivity index (χ1) is 34.3. The third-order valence-electron chi connectivity index (χ3n) is 12.6. The van der Waals surface area contributed by atoms with E-state index in [4.69, 9.17) is 19.1 Å². The molecule has 1 amide bonds. The first-order valence-electron chi connectivity index (χ1n) is 23.5. The number of aromatic hydroxyl groups is 2. The predicted octanol–water partition coefficient (Wildman–Crippen LogP) is 9.81. The van der Waals surface area contributed by atoms with Crippen molar-refractivity contribution in [1.29, 1.82) is 0 Å². The fraction of sp³-hybridized carbons (Fsp3) is 0.211. The number of aromatic nitrogens is 3. The number of fused-ring (bicyclic) bond motifs is 3. The Bertz CT molecular complexity index is 3470. The number of nitrogens with zero attached hydrogens (tertiary/aromatic N) is 5. The summed E-state index contributed by atoms with van der Waals surface area (Å²) in [5.41, 5.74) is 8.23. The lowest BCUT2D eigenvalue weighted by Crippen LogP contribution is -2.24. The molecule has 0 saturated carbocycles. The summed E-state index contributed by atoms with van der Waals surface area (Å²) >= 11 is 0. The molecule has 14 heteroatoms. The molecule has 1 aliphatic carbocycles. The van der Waals surface area contributed by atoms with Gasteiger partial charge in [0.15, 0.2) is 17.2 Å². The number of carbonyl (C=O) groups excluding carboxylic acids is 1. The van der Waals surface area contributed by atoms with E-state index in [1.54, 1.807) is 53.1 Å². The van der Waals surface area contributed by atoms with Crippen molar-refractivity contribution in [3.63, 3.8) is 0 Å². The Labute approximate surface area is 409 Å². The number of hydrogen-bond donors (Lipinski definition) is 4. The van der Waals surface area contributed by atoms with E-state index in [1.807, 2.05) is 104 Å². The van der Waals surface area contributed by atoms with Gasteiger partial charge in [0.2, 0.25) is 11.2 Å². The molecule has 0 unspecified atom stereocenters. The topological polar surface area (TPSA) is 166 Å². The van der Waals surface area contributed by atoms with Crippen LogP contribution < -0.4 is 24.9 Å². The average molecular weight is 954 g/mol. The number of carboxylic acids is 1. The second-order valence-corrected chi connectivity index (χ2v) is 18.0. The van der Waals surface area contributed by atoms with Crippen molar-refractivity contribution in [1.82, 2.24) is 24.3 Å². The number of imidazole rings is 1. The number of aromatic carboxylic acids is 1.